The number of carbonyl (C=O) groups excluding carboxylic acids is 1. The summed E-state index contributed by atoms with van der Waals surface area (Å²) >= 11 is 0. The fraction of sp³-hybridized carbons (Fsp3) is 0.611. The molecule has 4 nitrogen and oxygen atoms in total. The quantitative estimate of drug-likeness (QED) is 0.746. The summed E-state index contributed by atoms with van der Waals surface area (Å²) in [5.41, 5.74) is 0.679. The van der Waals surface area contributed by atoms with Crippen LogP contribution in [0.1, 0.15) is 52.5 Å². The number of aryl methyl sites for hydroxylation is 1. The van der Waals surface area contributed by atoms with Crippen LogP contribution in [0.2, 0.25) is 0 Å². The average molecular weight is 340 g/mol. The number of rotatable bonds is 9. The molecule has 0 bridgehead atoms. The van der Waals surface area contributed by atoms with Crippen LogP contribution >= 0.6 is 0 Å². The monoisotopic (exact) mass is 339 g/mol. The first-order chi connectivity index (χ1) is 10.6. The maximum absolute atomic E-state index is 12.6. The maximum atomic E-state index is 12.6. The second kappa shape index (κ2) is 8.60. The molecule has 0 spiro atoms. The van der Waals surface area contributed by atoms with E-state index in [1.807, 2.05) is 13.8 Å². The SMILES string of the molecule is Cc1ccccc1S(=O)(=O)N[C@@H](CC(C)C)C(=O)CCC(C)C. The van der Waals surface area contributed by atoms with Crippen LogP contribution in [0.4, 0.5) is 0 Å². The molecule has 0 saturated heterocycles. The maximum Gasteiger partial charge on any atom is 0.241 e. The highest BCUT2D eigenvalue weighted by molar-refractivity contribution is 7.89. The van der Waals surface area contributed by atoms with Crippen LogP contribution in [0.25, 0.3) is 0 Å². The van der Waals surface area contributed by atoms with Gasteiger partial charge in [0.1, 0.15) is 0 Å². The fourth-order valence-corrected chi connectivity index (χ4v) is 3.91. The normalized spacial score (nSPS) is 13.5. The van der Waals surface area contributed by atoms with Gasteiger partial charge in [-0.3, -0.25) is 4.79 Å². The Hall–Kier alpha value is -1.20. The molecule has 0 fully saturated rings. The molecule has 0 heterocycles. The van der Waals surface area contributed by atoms with Gasteiger partial charge in [0.25, 0.3) is 0 Å². The third-order valence-electron chi connectivity index (χ3n) is 3.74. The van der Waals surface area contributed by atoms with E-state index in [9.17, 15) is 13.2 Å². The molecule has 0 unspecified atom stereocenters. The van der Waals surface area contributed by atoms with E-state index in [2.05, 4.69) is 18.6 Å². The summed E-state index contributed by atoms with van der Waals surface area (Å²) in [6, 6.07) is 6.17. The van der Waals surface area contributed by atoms with Crippen molar-refractivity contribution in [1.29, 1.82) is 0 Å². The van der Waals surface area contributed by atoms with Crippen molar-refractivity contribution >= 4 is 15.8 Å². The Labute approximate surface area is 140 Å². The molecule has 1 N–H and O–H groups in total. The molecule has 23 heavy (non-hydrogen) atoms. The molecule has 0 aliphatic carbocycles. The number of sulfonamides is 1. The Bertz CT molecular complexity index is 621. The molecule has 1 atom stereocenters. The largest absolute Gasteiger partial charge is 0.298 e. The van der Waals surface area contributed by atoms with Crippen LogP contribution in [-0.2, 0) is 14.8 Å². The summed E-state index contributed by atoms with van der Waals surface area (Å²) in [6.07, 6.45) is 1.70. The van der Waals surface area contributed by atoms with E-state index in [1.165, 1.54) is 0 Å². The van der Waals surface area contributed by atoms with Crippen LogP contribution in [0, 0.1) is 18.8 Å². The van der Waals surface area contributed by atoms with Gasteiger partial charge in [0.2, 0.25) is 10.0 Å². The molecule has 1 rings (SSSR count). The number of hydrogen-bond acceptors (Lipinski definition) is 3. The van der Waals surface area contributed by atoms with E-state index in [4.69, 9.17) is 0 Å². The smallest absolute Gasteiger partial charge is 0.241 e. The standard InChI is InChI=1S/C18H29NO3S/c1-13(2)10-11-17(20)16(12-14(3)4)19-23(21,22)18-9-7-6-8-15(18)5/h6-9,13-14,16,19H,10-12H2,1-5H3/t16-/m0/s1. The molecule has 0 amide bonds. The minimum absolute atomic E-state index is 0.0236. The minimum Gasteiger partial charge on any atom is -0.298 e. The van der Waals surface area contributed by atoms with Gasteiger partial charge in [-0.2, -0.15) is 0 Å². The topological polar surface area (TPSA) is 63.2 Å². The highest BCUT2D eigenvalue weighted by Crippen LogP contribution is 2.18. The second-order valence-electron chi connectivity index (χ2n) is 6.97. The highest BCUT2D eigenvalue weighted by atomic mass is 32.2. The summed E-state index contributed by atoms with van der Waals surface area (Å²) in [5, 5.41) is 0. The van der Waals surface area contributed by atoms with Crippen molar-refractivity contribution in [1.82, 2.24) is 4.72 Å². The van der Waals surface area contributed by atoms with E-state index < -0.39 is 16.1 Å². The summed E-state index contributed by atoms with van der Waals surface area (Å²) in [6.45, 7) is 9.85. The molecule has 0 aliphatic rings. The van der Waals surface area contributed by atoms with Gasteiger partial charge in [0.05, 0.1) is 10.9 Å². The van der Waals surface area contributed by atoms with Crippen molar-refractivity contribution in [2.45, 2.75) is 64.8 Å². The summed E-state index contributed by atoms with van der Waals surface area (Å²) in [4.78, 5) is 12.7. The molecule has 5 heteroatoms. The van der Waals surface area contributed by atoms with Crippen LogP contribution in [0.5, 0.6) is 0 Å². The van der Waals surface area contributed by atoms with E-state index in [0.717, 1.165) is 6.42 Å². The van der Waals surface area contributed by atoms with Crippen molar-refractivity contribution in [2.24, 2.45) is 11.8 Å². The predicted octanol–water partition coefficient (Wildman–Crippen LogP) is 3.69. The van der Waals surface area contributed by atoms with Gasteiger partial charge in [0.15, 0.2) is 5.78 Å². The van der Waals surface area contributed by atoms with Crippen molar-refractivity contribution in [3.63, 3.8) is 0 Å². The fourth-order valence-electron chi connectivity index (χ4n) is 2.43. The van der Waals surface area contributed by atoms with Gasteiger partial charge in [-0.05, 0) is 43.2 Å². The van der Waals surface area contributed by atoms with E-state index >= 15 is 0 Å². The molecule has 130 valence electrons. The minimum atomic E-state index is -3.69. The third-order valence-corrected chi connectivity index (χ3v) is 5.38. The number of Topliss-reactive ketones (excluding diaryl/α,β-unsaturated/α-hetero) is 1. The molecule has 0 radical (unpaired) electrons. The van der Waals surface area contributed by atoms with Crippen molar-refractivity contribution in [3.8, 4) is 0 Å². The summed E-state index contributed by atoms with van der Waals surface area (Å²) < 4.78 is 27.9. The number of nitrogens with one attached hydrogen (secondary N) is 1. The van der Waals surface area contributed by atoms with E-state index in [0.29, 0.717) is 24.3 Å². The highest BCUT2D eigenvalue weighted by Gasteiger charge is 2.26. The van der Waals surface area contributed by atoms with Crippen LogP contribution in [0.15, 0.2) is 29.2 Å². The third kappa shape index (κ3) is 6.43. The first-order valence-electron chi connectivity index (χ1n) is 8.24. The van der Waals surface area contributed by atoms with Gasteiger partial charge >= 0.3 is 0 Å². The number of hydrogen-bond donors (Lipinski definition) is 1. The van der Waals surface area contributed by atoms with Gasteiger partial charge < -0.3 is 0 Å². The first-order valence-corrected chi connectivity index (χ1v) is 9.72. The summed E-state index contributed by atoms with van der Waals surface area (Å²) in [5.74, 6) is 0.638. The van der Waals surface area contributed by atoms with Crippen molar-refractivity contribution < 1.29 is 13.2 Å². The summed E-state index contributed by atoms with van der Waals surface area (Å²) in [7, 11) is -3.69. The van der Waals surface area contributed by atoms with E-state index in [1.54, 1.807) is 31.2 Å². The Morgan fingerprint density at radius 2 is 1.70 bits per heavy atom. The van der Waals surface area contributed by atoms with Gasteiger partial charge in [-0.1, -0.05) is 45.9 Å². The second-order valence-corrected chi connectivity index (χ2v) is 8.65. The predicted molar refractivity (Wildman–Crippen MR) is 93.8 cm³/mol. The lowest BCUT2D eigenvalue weighted by atomic mass is 9.96. The Balaban J connectivity index is 2.96. The number of benzene rings is 1. The van der Waals surface area contributed by atoms with Crippen LogP contribution in [-0.4, -0.2) is 20.2 Å². The lowest BCUT2D eigenvalue weighted by Crippen LogP contribution is -2.41. The van der Waals surface area contributed by atoms with Gasteiger partial charge in [-0.15, -0.1) is 0 Å². The van der Waals surface area contributed by atoms with Gasteiger partial charge in [-0.25, -0.2) is 13.1 Å². The first kappa shape index (κ1) is 19.8. The zero-order valence-corrected chi connectivity index (χ0v) is 15.6. The average Bonchev–Trinajstić information content (AvgIpc) is 2.43. The number of carbonyl (C=O) groups is 1. The van der Waals surface area contributed by atoms with Crippen molar-refractivity contribution in [3.05, 3.63) is 29.8 Å². The van der Waals surface area contributed by atoms with Crippen molar-refractivity contribution in [2.75, 3.05) is 0 Å². The zero-order chi connectivity index (χ0) is 17.6. The van der Waals surface area contributed by atoms with Crippen LogP contribution < -0.4 is 4.72 Å². The zero-order valence-electron chi connectivity index (χ0n) is 14.8. The molecule has 0 aromatic heterocycles. The molecule has 0 aliphatic heterocycles. The Kier molecular flexibility index (Phi) is 7.42. The Morgan fingerprint density at radius 3 is 2.22 bits per heavy atom. The van der Waals surface area contributed by atoms with E-state index in [-0.39, 0.29) is 16.6 Å². The van der Waals surface area contributed by atoms with Crippen LogP contribution in [0.3, 0.4) is 0 Å². The molecular weight excluding hydrogens is 310 g/mol. The molecular formula is C18H29NO3S. The lowest BCUT2D eigenvalue weighted by molar-refractivity contribution is -0.121. The molecule has 1 aromatic carbocycles. The molecule has 0 saturated carbocycles. The number of ketones is 1. The Morgan fingerprint density at radius 1 is 1.09 bits per heavy atom. The lowest BCUT2D eigenvalue weighted by Gasteiger charge is -2.20. The molecule has 1 aromatic rings. The van der Waals surface area contributed by atoms with Gasteiger partial charge in [0, 0.05) is 6.42 Å².